The molecule has 0 saturated carbocycles. The van der Waals surface area contributed by atoms with Crippen LogP contribution in [0.15, 0.2) is 24.8 Å². The number of carbonyl (C=O) groups is 3. The lowest BCUT2D eigenvalue weighted by Gasteiger charge is -2.23. The van der Waals surface area contributed by atoms with Gasteiger partial charge in [-0.1, -0.05) is 0 Å². The predicted molar refractivity (Wildman–Crippen MR) is 124 cm³/mol. The Labute approximate surface area is 206 Å². The molecule has 1 fully saturated rings. The maximum Gasteiger partial charge on any atom is 0.303 e. The number of nitrogens with zero attached hydrogens (tertiary/aromatic N) is 4. The second-order valence-electron chi connectivity index (χ2n) is 7.41. The monoisotopic (exact) mass is 584 g/mol. The smallest absolute Gasteiger partial charge is 0.303 e. The molecule has 0 spiro atoms. The highest BCUT2D eigenvalue weighted by Crippen LogP contribution is 2.36. The van der Waals surface area contributed by atoms with Gasteiger partial charge in [0, 0.05) is 55.8 Å². The molecule has 0 aromatic carbocycles. The van der Waals surface area contributed by atoms with Crippen molar-refractivity contribution in [1.82, 2.24) is 24.5 Å². The molecular weight excluding hydrogens is 563 g/mol. The molecule has 0 bridgehead atoms. The van der Waals surface area contributed by atoms with E-state index >= 15 is 0 Å². The number of carbonyl (C=O) groups excluding carboxylic acids is 3. The number of fused-ring (bicyclic) bond motifs is 1. The number of anilines is 2. The van der Waals surface area contributed by atoms with Gasteiger partial charge in [0.2, 0.25) is 0 Å². The number of hydrogen-bond donors (Lipinski definition) is 2. The summed E-state index contributed by atoms with van der Waals surface area (Å²) in [5, 5.41) is 3.18. The van der Waals surface area contributed by atoms with E-state index in [0.29, 0.717) is 20.8 Å². The molecule has 1 aliphatic heterocycles. The van der Waals surface area contributed by atoms with Crippen LogP contribution in [0.2, 0.25) is 0 Å². The van der Waals surface area contributed by atoms with Gasteiger partial charge in [0.15, 0.2) is 39.2 Å². The van der Waals surface area contributed by atoms with Crippen molar-refractivity contribution in [3.8, 4) is 0 Å². The number of imidazole rings is 1. The van der Waals surface area contributed by atoms with Crippen LogP contribution in [0.5, 0.6) is 0 Å². The fraction of sp³-hybridized carbons (Fsp3) is 0.400. The summed E-state index contributed by atoms with van der Waals surface area (Å²) >= 11 is 1.98. The van der Waals surface area contributed by atoms with Gasteiger partial charge in [-0.2, -0.15) is 0 Å². The Morgan fingerprint density at radius 2 is 1.88 bits per heavy atom. The minimum Gasteiger partial charge on any atom is -0.463 e. The van der Waals surface area contributed by atoms with Crippen molar-refractivity contribution in [3.63, 3.8) is 0 Å². The van der Waals surface area contributed by atoms with Gasteiger partial charge in [-0.15, -0.1) is 0 Å². The molecule has 13 nitrogen and oxygen atoms in total. The fourth-order valence-electron chi connectivity index (χ4n) is 3.62. The van der Waals surface area contributed by atoms with E-state index in [1.165, 1.54) is 27.1 Å². The third kappa shape index (κ3) is 5.11. The number of hydrogen-bond acceptors (Lipinski definition) is 11. The van der Waals surface area contributed by atoms with Crippen LogP contribution in [0.4, 0.5) is 11.5 Å². The normalized spacial score (nSPS) is 21.9. The summed E-state index contributed by atoms with van der Waals surface area (Å²) < 4.78 is 24.1. The zero-order valence-corrected chi connectivity index (χ0v) is 20.5. The Bertz CT molecular complexity index is 1210. The SMILES string of the molecule is CC(=O)OC[C@H]1O[C@@H](n2cnc3c(Nc4cc[nH]c4)nc(I)nc32)[C@H](OC(C)=O)[C@@H]1OC(C)=O. The van der Waals surface area contributed by atoms with E-state index in [-0.39, 0.29) is 6.61 Å². The van der Waals surface area contributed by atoms with Crippen molar-refractivity contribution in [3.05, 3.63) is 28.6 Å². The van der Waals surface area contributed by atoms with Crippen molar-refractivity contribution in [2.75, 3.05) is 11.9 Å². The van der Waals surface area contributed by atoms with Crippen LogP contribution in [-0.2, 0) is 33.3 Å². The average Bonchev–Trinajstić information content (AvgIpc) is 3.46. The van der Waals surface area contributed by atoms with Crippen LogP contribution in [0.3, 0.4) is 0 Å². The van der Waals surface area contributed by atoms with Gasteiger partial charge in [0.05, 0.1) is 12.0 Å². The Balaban J connectivity index is 1.75. The molecule has 1 aliphatic rings. The Kier molecular flexibility index (Phi) is 6.97. The van der Waals surface area contributed by atoms with Crippen molar-refractivity contribution in [2.45, 2.75) is 45.3 Å². The largest absolute Gasteiger partial charge is 0.463 e. The van der Waals surface area contributed by atoms with Crippen molar-refractivity contribution in [2.24, 2.45) is 0 Å². The average molecular weight is 584 g/mol. The van der Waals surface area contributed by atoms with Crippen LogP contribution in [0, 0.1) is 3.83 Å². The molecule has 4 atom stereocenters. The van der Waals surface area contributed by atoms with Gasteiger partial charge in [-0.05, 0) is 6.07 Å². The molecule has 2 N–H and O–H groups in total. The van der Waals surface area contributed by atoms with E-state index in [4.69, 9.17) is 18.9 Å². The lowest BCUT2D eigenvalue weighted by Crippen LogP contribution is -2.40. The van der Waals surface area contributed by atoms with Crippen LogP contribution in [0.1, 0.15) is 27.0 Å². The highest BCUT2D eigenvalue weighted by molar-refractivity contribution is 14.1. The first-order valence-corrected chi connectivity index (χ1v) is 11.2. The number of aromatic amines is 1. The summed E-state index contributed by atoms with van der Waals surface area (Å²) in [7, 11) is 0. The Hall–Kier alpha value is -3.27. The van der Waals surface area contributed by atoms with Gasteiger partial charge in [0.25, 0.3) is 0 Å². The van der Waals surface area contributed by atoms with Crippen molar-refractivity contribution >= 4 is 63.2 Å². The van der Waals surface area contributed by atoms with E-state index < -0.39 is 42.4 Å². The number of H-pyrrole nitrogens is 1. The van der Waals surface area contributed by atoms with Gasteiger partial charge in [-0.25, -0.2) is 15.0 Å². The maximum absolute atomic E-state index is 11.9. The standard InChI is InChI=1S/C20H21IN6O7/c1-9(28)31-7-13-15(32-10(2)29)16(33-11(3)30)19(34-13)27-8-23-14-17(24-12-4-5-22-6-12)25-20(21)26-18(14)27/h4-6,8,13,15-16,19,22H,7H2,1-3H3,(H,24,25,26)/t13-,15-,16-,19-/m1/s1. The number of esters is 3. The van der Waals surface area contributed by atoms with Gasteiger partial charge in [0.1, 0.15) is 12.7 Å². The summed E-state index contributed by atoms with van der Waals surface area (Å²) in [5.41, 5.74) is 1.62. The Morgan fingerprint density at radius 3 is 2.53 bits per heavy atom. The van der Waals surface area contributed by atoms with Gasteiger partial charge < -0.3 is 29.2 Å². The first-order valence-electron chi connectivity index (χ1n) is 10.2. The van der Waals surface area contributed by atoms with Gasteiger partial charge in [-0.3, -0.25) is 19.0 Å². The molecule has 14 heteroatoms. The zero-order chi connectivity index (χ0) is 24.4. The molecule has 3 aromatic heterocycles. The quantitative estimate of drug-likeness (QED) is 0.181. The van der Waals surface area contributed by atoms with Crippen molar-refractivity contribution < 1.29 is 33.3 Å². The van der Waals surface area contributed by atoms with Crippen LogP contribution >= 0.6 is 22.6 Å². The van der Waals surface area contributed by atoms with Gasteiger partial charge >= 0.3 is 17.9 Å². The summed E-state index contributed by atoms with van der Waals surface area (Å²) in [6.45, 7) is 3.50. The number of ether oxygens (including phenoxy) is 4. The van der Waals surface area contributed by atoms with Crippen molar-refractivity contribution in [1.29, 1.82) is 0 Å². The second kappa shape index (κ2) is 9.92. The third-order valence-electron chi connectivity index (χ3n) is 4.87. The lowest BCUT2D eigenvalue weighted by molar-refractivity contribution is -0.166. The zero-order valence-electron chi connectivity index (χ0n) is 18.4. The highest BCUT2D eigenvalue weighted by Gasteiger charge is 2.51. The predicted octanol–water partition coefficient (Wildman–Crippen LogP) is 1.83. The molecule has 0 unspecified atom stereocenters. The number of rotatable bonds is 7. The third-order valence-corrected chi connectivity index (χ3v) is 5.35. The summed E-state index contributed by atoms with van der Waals surface area (Å²) in [5.74, 6) is -1.28. The van der Waals surface area contributed by atoms with E-state index in [0.717, 1.165) is 5.69 Å². The number of halogens is 1. The fourth-order valence-corrected chi connectivity index (χ4v) is 4.09. The van der Waals surface area contributed by atoms with Crippen LogP contribution < -0.4 is 5.32 Å². The van der Waals surface area contributed by atoms with E-state index in [2.05, 4.69) is 25.3 Å². The molecule has 4 heterocycles. The molecule has 0 amide bonds. The molecule has 4 rings (SSSR count). The molecule has 0 aliphatic carbocycles. The summed E-state index contributed by atoms with van der Waals surface area (Å²) in [6.07, 6.45) is 1.06. The summed E-state index contributed by atoms with van der Waals surface area (Å²) in [4.78, 5) is 51.3. The summed E-state index contributed by atoms with van der Waals surface area (Å²) in [6, 6.07) is 1.83. The molecule has 3 aromatic rings. The van der Waals surface area contributed by atoms with Crippen LogP contribution in [0.25, 0.3) is 11.2 Å². The van der Waals surface area contributed by atoms with E-state index in [9.17, 15) is 14.4 Å². The first-order chi connectivity index (χ1) is 16.2. The van der Waals surface area contributed by atoms with E-state index in [1.54, 1.807) is 17.0 Å². The first kappa shape index (κ1) is 23.9. The Morgan fingerprint density at radius 1 is 1.15 bits per heavy atom. The maximum atomic E-state index is 11.9. The molecule has 0 radical (unpaired) electrons. The molecule has 1 saturated heterocycles. The molecule has 34 heavy (non-hydrogen) atoms. The minimum atomic E-state index is -1.05. The second-order valence-corrected chi connectivity index (χ2v) is 8.37. The van der Waals surface area contributed by atoms with E-state index in [1.807, 2.05) is 28.7 Å². The lowest BCUT2D eigenvalue weighted by atomic mass is 10.1. The van der Waals surface area contributed by atoms with Crippen LogP contribution in [-0.4, -0.2) is 67.3 Å². The number of nitrogens with one attached hydrogen (secondary N) is 2. The topological polar surface area (TPSA) is 160 Å². The molecule has 180 valence electrons. The molecular formula is C20H21IN6O7. The highest BCUT2D eigenvalue weighted by atomic mass is 127. The number of aromatic nitrogens is 5. The minimum absolute atomic E-state index is 0.207.